The molecule has 140 valence electrons. The zero-order valence-electron chi connectivity index (χ0n) is 14.3. The zero-order valence-corrected chi connectivity index (χ0v) is 15.1. The second kappa shape index (κ2) is 6.46. The molecule has 2 heterocycles. The highest BCUT2D eigenvalue weighted by molar-refractivity contribution is 7.51. The van der Waals surface area contributed by atoms with Gasteiger partial charge in [0.05, 0.1) is 6.16 Å². The maximum absolute atomic E-state index is 11.5. The predicted molar refractivity (Wildman–Crippen MR) is 103 cm³/mol. The first-order valence-electron chi connectivity index (χ1n) is 8.46. The summed E-state index contributed by atoms with van der Waals surface area (Å²) in [6.07, 6.45) is 3.55. The van der Waals surface area contributed by atoms with Gasteiger partial charge in [-0.15, -0.1) is 0 Å². The van der Waals surface area contributed by atoms with Crippen molar-refractivity contribution in [2.75, 3.05) is 6.16 Å². The number of hydrogen-bond donors (Lipinski definition) is 6. The molecule has 0 spiro atoms. The Hall–Kier alpha value is -2.73. The third-order valence-electron chi connectivity index (χ3n) is 4.85. The standard InChI is InChI=1S/C19H19N2O5P/c22-11-1-3-18-14(7-11)16(9-20-18)13(5-6-27(24,25)26)17-10-21-19-4-2-12(23)8-15(17)19/h1-4,7-10,13,20-23H,5-6H2,(H2,24,25,26). The van der Waals surface area contributed by atoms with Crippen molar-refractivity contribution >= 4 is 29.4 Å². The number of nitrogens with one attached hydrogen (secondary N) is 2. The van der Waals surface area contributed by atoms with Crippen molar-refractivity contribution in [3.05, 3.63) is 59.9 Å². The number of rotatable bonds is 5. The average molecular weight is 386 g/mol. The number of phenols is 2. The van der Waals surface area contributed by atoms with E-state index in [0.717, 1.165) is 32.9 Å². The summed E-state index contributed by atoms with van der Waals surface area (Å²) < 4.78 is 11.5. The molecular weight excluding hydrogens is 367 g/mol. The van der Waals surface area contributed by atoms with Crippen LogP contribution in [-0.4, -0.2) is 36.1 Å². The normalized spacial score (nSPS) is 12.4. The fraction of sp³-hybridized carbons (Fsp3) is 0.158. The average Bonchev–Trinajstić information content (AvgIpc) is 3.19. The highest BCUT2D eigenvalue weighted by Gasteiger charge is 2.25. The molecule has 0 unspecified atom stereocenters. The van der Waals surface area contributed by atoms with E-state index < -0.39 is 7.60 Å². The molecule has 0 fully saturated rings. The number of fused-ring (bicyclic) bond motifs is 2. The minimum Gasteiger partial charge on any atom is -0.508 e. The molecular formula is C19H19N2O5P. The maximum Gasteiger partial charge on any atom is 0.325 e. The van der Waals surface area contributed by atoms with Crippen molar-refractivity contribution in [1.82, 2.24) is 9.97 Å². The molecule has 6 N–H and O–H groups in total. The minimum absolute atomic E-state index is 0.119. The van der Waals surface area contributed by atoms with Crippen LogP contribution < -0.4 is 0 Å². The van der Waals surface area contributed by atoms with E-state index in [-0.39, 0.29) is 30.0 Å². The lowest BCUT2D eigenvalue weighted by atomic mass is 9.88. The molecule has 0 aliphatic rings. The van der Waals surface area contributed by atoms with E-state index in [0.29, 0.717) is 0 Å². The Labute approximate surface area is 154 Å². The minimum atomic E-state index is -4.18. The van der Waals surface area contributed by atoms with E-state index in [1.54, 1.807) is 48.8 Å². The van der Waals surface area contributed by atoms with Gasteiger partial charge >= 0.3 is 7.60 Å². The van der Waals surface area contributed by atoms with Gasteiger partial charge in [-0.1, -0.05) is 0 Å². The topological polar surface area (TPSA) is 130 Å². The molecule has 4 rings (SSSR count). The summed E-state index contributed by atoms with van der Waals surface area (Å²) in [4.78, 5) is 25.1. The molecule has 0 bridgehead atoms. The van der Waals surface area contributed by atoms with Crippen molar-refractivity contribution in [2.24, 2.45) is 0 Å². The Morgan fingerprint density at radius 1 is 0.852 bits per heavy atom. The van der Waals surface area contributed by atoms with Crippen LogP contribution in [0.5, 0.6) is 11.5 Å². The lowest BCUT2D eigenvalue weighted by Gasteiger charge is -2.17. The molecule has 0 aliphatic carbocycles. The first-order chi connectivity index (χ1) is 12.8. The van der Waals surface area contributed by atoms with Gasteiger partial charge in [-0.25, -0.2) is 0 Å². The van der Waals surface area contributed by atoms with Crippen LogP contribution in [0, 0.1) is 0 Å². The van der Waals surface area contributed by atoms with Crippen molar-refractivity contribution < 1.29 is 24.6 Å². The summed E-state index contributed by atoms with van der Waals surface area (Å²) in [6.45, 7) is 0. The van der Waals surface area contributed by atoms with Crippen LogP contribution in [0.4, 0.5) is 0 Å². The monoisotopic (exact) mass is 386 g/mol. The Balaban J connectivity index is 1.89. The number of benzene rings is 2. The number of aromatic nitrogens is 2. The van der Waals surface area contributed by atoms with Crippen LogP contribution in [-0.2, 0) is 4.57 Å². The first kappa shape index (κ1) is 17.7. The molecule has 0 aliphatic heterocycles. The van der Waals surface area contributed by atoms with Gasteiger partial charge < -0.3 is 30.0 Å². The van der Waals surface area contributed by atoms with Crippen LogP contribution in [0.3, 0.4) is 0 Å². The zero-order chi connectivity index (χ0) is 19.2. The van der Waals surface area contributed by atoms with Crippen molar-refractivity contribution in [1.29, 1.82) is 0 Å². The van der Waals surface area contributed by atoms with Gasteiger partial charge in [0, 0.05) is 40.1 Å². The SMILES string of the molecule is O=P(O)(O)CCC(c1c[nH]c2ccc(O)cc12)c1c[nH]c2ccc(O)cc12. The largest absolute Gasteiger partial charge is 0.508 e. The summed E-state index contributed by atoms with van der Waals surface area (Å²) in [5.41, 5.74) is 3.32. The van der Waals surface area contributed by atoms with Gasteiger partial charge in [-0.05, 0) is 53.9 Å². The fourth-order valence-electron chi connectivity index (χ4n) is 3.61. The molecule has 0 saturated carbocycles. The fourth-order valence-corrected chi connectivity index (χ4v) is 4.21. The smallest absolute Gasteiger partial charge is 0.325 e. The highest BCUT2D eigenvalue weighted by Crippen LogP contribution is 2.43. The summed E-state index contributed by atoms with van der Waals surface area (Å²) in [5.74, 6) is -0.0916. The van der Waals surface area contributed by atoms with Gasteiger partial charge in [0.25, 0.3) is 0 Å². The van der Waals surface area contributed by atoms with Crippen molar-refractivity contribution in [3.63, 3.8) is 0 Å². The maximum atomic E-state index is 11.5. The summed E-state index contributed by atoms with van der Waals surface area (Å²) in [6, 6.07) is 9.95. The highest BCUT2D eigenvalue weighted by atomic mass is 31.2. The number of aromatic amines is 2. The first-order valence-corrected chi connectivity index (χ1v) is 10.3. The third kappa shape index (κ3) is 3.45. The Kier molecular flexibility index (Phi) is 4.23. The molecule has 4 aromatic rings. The summed E-state index contributed by atoms with van der Waals surface area (Å²) in [7, 11) is -4.18. The van der Waals surface area contributed by atoms with E-state index >= 15 is 0 Å². The van der Waals surface area contributed by atoms with Crippen molar-refractivity contribution in [3.8, 4) is 11.5 Å². The molecule has 0 saturated heterocycles. The molecule has 0 radical (unpaired) electrons. The van der Waals surface area contributed by atoms with Crippen LogP contribution in [0.1, 0.15) is 23.5 Å². The number of aromatic hydroxyl groups is 2. The summed E-state index contributed by atoms with van der Waals surface area (Å²) in [5, 5.41) is 21.3. The van der Waals surface area contributed by atoms with Crippen molar-refractivity contribution in [2.45, 2.75) is 12.3 Å². The van der Waals surface area contributed by atoms with Crippen LogP contribution in [0.15, 0.2) is 48.8 Å². The van der Waals surface area contributed by atoms with E-state index in [9.17, 15) is 24.6 Å². The lowest BCUT2D eigenvalue weighted by Crippen LogP contribution is -2.03. The Morgan fingerprint density at radius 2 is 1.33 bits per heavy atom. The second-order valence-corrected chi connectivity index (χ2v) is 8.45. The van der Waals surface area contributed by atoms with Gasteiger partial charge in [-0.2, -0.15) is 0 Å². The Morgan fingerprint density at radius 3 is 1.78 bits per heavy atom. The van der Waals surface area contributed by atoms with E-state index in [1.165, 1.54) is 0 Å². The van der Waals surface area contributed by atoms with Crippen LogP contribution in [0.25, 0.3) is 21.8 Å². The number of H-pyrrole nitrogens is 2. The van der Waals surface area contributed by atoms with Crippen LogP contribution >= 0.6 is 7.60 Å². The van der Waals surface area contributed by atoms with E-state index in [1.807, 2.05) is 0 Å². The lowest BCUT2D eigenvalue weighted by molar-refractivity contribution is 0.370. The van der Waals surface area contributed by atoms with Gasteiger partial charge in [0.2, 0.25) is 0 Å². The molecule has 0 amide bonds. The quantitative estimate of drug-likeness (QED) is 0.291. The number of phenolic OH excluding ortho intramolecular Hbond substituents is 2. The molecule has 0 atom stereocenters. The molecule has 2 aromatic carbocycles. The van der Waals surface area contributed by atoms with Gasteiger partial charge in [0.15, 0.2) is 0 Å². The molecule has 8 heteroatoms. The van der Waals surface area contributed by atoms with E-state index in [2.05, 4.69) is 9.97 Å². The molecule has 27 heavy (non-hydrogen) atoms. The molecule has 2 aromatic heterocycles. The summed E-state index contributed by atoms with van der Waals surface area (Å²) >= 11 is 0. The second-order valence-electron chi connectivity index (χ2n) is 6.68. The van der Waals surface area contributed by atoms with Gasteiger partial charge in [0.1, 0.15) is 11.5 Å². The van der Waals surface area contributed by atoms with E-state index in [4.69, 9.17) is 0 Å². The van der Waals surface area contributed by atoms with Gasteiger partial charge in [-0.3, -0.25) is 4.57 Å². The Bertz CT molecular complexity index is 1090. The molecule has 7 nitrogen and oxygen atoms in total. The third-order valence-corrected chi connectivity index (χ3v) is 5.70. The number of hydrogen-bond acceptors (Lipinski definition) is 3. The van der Waals surface area contributed by atoms with Crippen LogP contribution in [0.2, 0.25) is 0 Å². The predicted octanol–water partition coefficient (Wildman–Crippen LogP) is 3.76.